The van der Waals surface area contributed by atoms with Crippen molar-refractivity contribution in [1.29, 1.82) is 0 Å². The third-order valence-corrected chi connectivity index (χ3v) is 2.75. The zero-order valence-corrected chi connectivity index (χ0v) is 10.3. The molecule has 1 aromatic carbocycles. The lowest BCUT2D eigenvalue weighted by Gasteiger charge is -2.07. The van der Waals surface area contributed by atoms with Crippen LogP contribution in [-0.4, -0.2) is 22.7 Å². The fourth-order valence-corrected chi connectivity index (χ4v) is 1.84. The number of nitrogens with one attached hydrogen (secondary N) is 1. The molecule has 0 fully saturated rings. The zero-order valence-electron chi connectivity index (χ0n) is 10.3. The number of rotatable bonds is 3. The smallest absolute Gasteiger partial charge is 0.254 e. The minimum atomic E-state index is -0.296. The second-order valence-corrected chi connectivity index (χ2v) is 3.83. The van der Waals surface area contributed by atoms with Crippen LogP contribution in [0.2, 0.25) is 0 Å². The van der Waals surface area contributed by atoms with E-state index in [0.717, 1.165) is 11.4 Å². The van der Waals surface area contributed by atoms with Gasteiger partial charge in [-0.15, -0.1) is 0 Å². The standard InChI is InChI=1S/C13H14FN3O/c1-3-12-11(13(18)15-2)8-16-17(12)10-6-4-9(14)5-7-10/h4-8H,3H2,1-2H3,(H,15,18). The van der Waals surface area contributed by atoms with Gasteiger partial charge in [-0.05, 0) is 30.7 Å². The van der Waals surface area contributed by atoms with Gasteiger partial charge >= 0.3 is 0 Å². The number of benzene rings is 1. The van der Waals surface area contributed by atoms with Crippen molar-refractivity contribution in [1.82, 2.24) is 15.1 Å². The molecule has 0 bridgehead atoms. The summed E-state index contributed by atoms with van der Waals surface area (Å²) in [6, 6.07) is 6.01. The Morgan fingerprint density at radius 1 is 1.39 bits per heavy atom. The molecular weight excluding hydrogens is 233 g/mol. The van der Waals surface area contributed by atoms with Crippen LogP contribution >= 0.6 is 0 Å². The maximum absolute atomic E-state index is 12.9. The van der Waals surface area contributed by atoms with Crippen molar-refractivity contribution in [2.24, 2.45) is 0 Å². The van der Waals surface area contributed by atoms with Gasteiger partial charge in [0.2, 0.25) is 0 Å². The first-order valence-corrected chi connectivity index (χ1v) is 5.72. The number of nitrogens with zero attached hydrogens (tertiary/aromatic N) is 2. The van der Waals surface area contributed by atoms with Crippen LogP contribution in [0.3, 0.4) is 0 Å². The molecule has 0 saturated heterocycles. The van der Waals surface area contributed by atoms with Gasteiger partial charge in [-0.25, -0.2) is 9.07 Å². The molecule has 2 rings (SSSR count). The molecule has 1 amide bonds. The molecule has 0 unspecified atom stereocenters. The molecule has 0 spiro atoms. The Morgan fingerprint density at radius 2 is 2.06 bits per heavy atom. The lowest BCUT2D eigenvalue weighted by atomic mass is 10.2. The summed E-state index contributed by atoms with van der Waals surface area (Å²) in [7, 11) is 1.58. The fraction of sp³-hybridized carbons (Fsp3) is 0.231. The Labute approximate surface area is 104 Å². The minimum absolute atomic E-state index is 0.166. The number of hydrogen-bond acceptors (Lipinski definition) is 2. The van der Waals surface area contributed by atoms with E-state index >= 15 is 0 Å². The van der Waals surface area contributed by atoms with E-state index in [1.165, 1.54) is 18.3 Å². The van der Waals surface area contributed by atoms with E-state index in [0.29, 0.717) is 12.0 Å². The SMILES string of the molecule is CCc1c(C(=O)NC)cnn1-c1ccc(F)cc1. The van der Waals surface area contributed by atoms with Crippen LogP contribution < -0.4 is 5.32 Å². The Hall–Kier alpha value is -2.17. The predicted molar refractivity (Wildman–Crippen MR) is 66.3 cm³/mol. The van der Waals surface area contributed by atoms with Crippen LogP contribution in [0.4, 0.5) is 4.39 Å². The van der Waals surface area contributed by atoms with Gasteiger partial charge in [0.1, 0.15) is 5.82 Å². The highest BCUT2D eigenvalue weighted by Gasteiger charge is 2.15. The monoisotopic (exact) mass is 247 g/mol. The molecule has 0 aliphatic carbocycles. The van der Waals surface area contributed by atoms with Gasteiger partial charge in [0.25, 0.3) is 5.91 Å². The highest BCUT2D eigenvalue weighted by atomic mass is 19.1. The molecule has 4 nitrogen and oxygen atoms in total. The second kappa shape index (κ2) is 5.00. The molecule has 0 aliphatic rings. The molecule has 0 saturated carbocycles. The average Bonchev–Trinajstić information content (AvgIpc) is 2.82. The first-order chi connectivity index (χ1) is 8.67. The van der Waals surface area contributed by atoms with E-state index in [9.17, 15) is 9.18 Å². The normalized spacial score (nSPS) is 10.4. The quantitative estimate of drug-likeness (QED) is 0.901. The average molecular weight is 247 g/mol. The maximum atomic E-state index is 12.9. The topological polar surface area (TPSA) is 46.9 Å². The van der Waals surface area contributed by atoms with Gasteiger partial charge in [-0.3, -0.25) is 4.79 Å². The molecule has 0 aliphatic heterocycles. The van der Waals surface area contributed by atoms with Gasteiger partial charge in [0.15, 0.2) is 0 Å². The molecule has 2 aromatic rings. The Balaban J connectivity index is 2.48. The molecule has 1 aromatic heterocycles. The van der Waals surface area contributed by atoms with Crippen LogP contribution in [0.15, 0.2) is 30.5 Å². The van der Waals surface area contributed by atoms with Crippen LogP contribution in [0.5, 0.6) is 0 Å². The van der Waals surface area contributed by atoms with Crippen molar-refractivity contribution in [2.75, 3.05) is 7.05 Å². The largest absolute Gasteiger partial charge is 0.355 e. The summed E-state index contributed by atoms with van der Waals surface area (Å²) in [4.78, 5) is 11.7. The molecule has 0 radical (unpaired) electrons. The predicted octanol–water partition coefficient (Wildman–Crippen LogP) is 1.93. The van der Waals surface area contributed by atoms with Gasteiger partial charge in [0, 0.05) is 7.05 Å². The Bertz CT molecular complexity index is 560. The van der Waals surface area contributed by atoms with E-state index in [1.807, 2.05) is 6.92 Å². The molecule has 1 N–H and O–H groups in total. The minimum Gasteiger partial charge on any atom is -0.355 e. The van der Waals surface area contributed by atoms with Crippen LogP contribution in [0, 0.1) is 5.82 Å². The van der Waals surface area contributed by atoms with E-state index in [1.54, 1.807) is 23.9 Å². The molecule has 5 heteroatoms. The number of hydrogen-bond donors (Lipinski definition) is 1. The van der Waals surface area contributed by atoms with Crippen molar-refractivity contribution in [3.8, 4) is 5.69 Å². The van der Waals surface area contributed by atoms with Crippen LogP contribution in [0.1, 0.15) is 23.0 Å². The number of carbonyl (C=O) groups excluding carboxylic acids is 1. The van der Waals surface area contributed by atoms with Gasteiger partial charge in [-0.1, -0.05) is 6.92 Å². The summed E-state index contributed by atoms with van der Waals surface area (Å²) < 4.78 is 14.5. The number of halogens is 1. The molecule has 1 heterocycles. The van der Waals surface area contributed by atoms with Crippen LogP contribution in [0.25, 0.3) is 5.69 Å². The van der Waals surface area contributed by atoms with Crippen molar-refractivity contribution < 1.29 is 9.18 Å². The van der Waals surface area contributed by atoms with E-state index < -0.39 is 0 Å². The van der Waals surface area contributed by atoms with E-state index in [2.05, 4.69) is 10.4 Å². The first-order valence-electron chi connectivity index (χ1n) is 5.72. The summed E-state index contributed by atoms with van der Waals surface area (Å²) in [5, 5.41) is 6.77. The highest BCUT2D eigenvalue weighted by Crippen LogP contribution is 2.16. The third-order valence-electron chi connectivity index (χ3n) is 2.75. The Kier molecular flexibility index (Phi) is 3.41. The van der Waals surface area contributed by atoms with E-state index in [-0.39, 0.29) is 11.7 Å². The third kappa shape index (κ3) is 2.11. The number of aromatic nitrogens is 2. The molecular formula is C13H14FN3O. The Morgan fingerprint density at radius 3 is 2.61 bits per heavy atom. The van der Waals surface area contributed by atoms with Crippen molar-refractivity contribution in [2.45, 2.75) is 13.3 Å². The van der Waals surface area contributed by atoms with Crippen molar-refractivity contribution in [3.05, 3.63) is 47.5 Å². The highest BCUT2D eigenvalue weighted by molar-refractivity contribution is 5.95. The molecule has 18 heavy (non-hydrogen) atoms. The lowest BCUT2D eigenvalue weighted by Crippen LogP contribution is -2.19. The van der Waals surface area contributed by atoms with E-state index in [4.69, 9.17) is 0 Å². The molecule has 94 valence electrons. The zero-order chi connectivity index (χ0) is 13.1. The molecule has 0 atom stereocenters. The summed E-state index contributed by atoms with van der Waals surface area (Å²) >= 11 is 0. The number of amides is 1. The summed E-state index contributed by atoms with van der Waals surface area (Å²) in [5.41, 5.74) is 2.09. The van der Waals surface area contributed by atoms with Gasteiger partial charge in [-0.2, -0.15) is 5.10 Å². The summed E-state index contributed by atoms with van der Waals surface area (Å²) in [6.45, 7) is 1.95. The lowest BCUT2D eigenvalue weighted by molar-refractivity contribution is 0.0962. The summed E-state index contributed by atoms with van der Waals surface area (Å²) in [5.74, 6) is -0.462. The van der Waals surface area contributed by atoms with Crippen LogP contribution in [-0.2, 0) is 6.42 Å². The van der Waals surface area contributed by atoms with Gasteiger partial charge < -0.3 is 5.32 Å². The second-order valence-electron chi connectivity index (χ2n) is 3.83. The fourth-order valence-electron chi connectivity index (χ4n) is 1.84. The van der Waals surface area contributed by atoms with Crippen molar-refractivity contribution >= 4 is 5.91 Å². The number of carbonyl (C=O) groups is 1. The first kappa shape index (κ1) is 12.3. The van der Waals surface area contributed by atoms with Crippen molar-refractivity contribution in [3.63, 3.8) is 0 Å². The maximum Gasteiger partial charge on any atom is 0.254 e. The van der Waals surface area contributed by atoms with Gasteiger partial charge in [0.05, 0.1) is 23.1 Å². The summed E-state index contributed by atoms with van der Waals surface area (Å²) in [6.07, 6.45) is 2.20.